The molecule has 1 unspecified atom stereocenters. The SMILES string of the molecule is CC(C)(O)C1CCCN1C(=O)c1ccc(Cl)cc1O. The Hall–Kier alpha value is -1.26. The number of amides is 1. The molecule has 1 atom stereocenters. The summed E-state index contributed by atoms with van der Waals surface area (Å²) in [5.74, 6) is -0.391. The first-order valence-electron chi connectivity index (χ1n) is 6.32. The van der Waals surface area contributed by atoms with Gasteiger partial charge in [0.2, 0.25) is 0 Å². The van der Waals surface area contributed by atoms with Crippen molar-refractivity contribution in [1.82, 2.24) is 4.90 Å². The first kappa shape index (κ1) is 14.2. The van der Waals surface area contributed by atoms with Crippen molar-refractivity contribution in [2.45, 2.75) is 38.3 Å². The highest BCUT2D eigenvalue weighted by Crippen LogP contribution is 2.30. The lowest BCUT2D eigenvalue weighted by Gasteiger charge is -2.34. The van der Waals surface area contributed by atoms with E-state index in [0.717, 1.165) is 12.8 Å². The third kappa shape index (κ3) is 2.85. The predicted molar refractivity (Wildman–Crippen MR) is 73.5 cm³/mol. The van der Waals surface area contributed by atoms with E-state index in [-0.39, 0.29) is 23.3 Å². The summed E-state index contributed by atoms with van der Waals surface area (Å²) >= 11 is 5.76. The van der Waals surface area contributed by atoms with Crippen molar-refractivity contribution >= 4 is 17.5 Å². The van der Waals surface area contributed by atoms with Crippen LogP contribution in [0.25, 0.3) is 0 Å². The van der Waals surface area contributed by atoms with Gasteiger partial charge in [0.15, 0.2) is 0 Å². The van der Waals surface area contributed by atoms with E-state index in [0.29, 0.717) is 11.6 Å². The fourth-order valence-electron chi connectivity index (χ4n) is 2.58. The molecule has 1 fully saturated rings. The van der Waals surface area contributed by atoms with Crippen molar-refractivity contribution in [3.8, 4) is 5.75 Å². The van der Waals surface area contributed by atoms with Crippen LogP contribution in [-0.4, -0.2) is 39.2 Å². The van der Waals surface area contributed by atoms with Crippen molar-refractivity contribution < 1.29 is 15.0 Å². The molecule has 1 amide bonds. The molecule has 0 radical (unpaired) electrons. The monoisotopic (exact) mass is 283 g/mol. The van der Waals surface area contributed by atoms with Crippen molar-refractivity contribution in [1.29, 1.82) is 0 Å². The summed E-state index contributed by atoms with van der Waals surface area (Å²) in [7, 11) is 0. The molecule has 4 nitrogen and oxygen atoms in total. The number of hydrogen-bond donors (Lipinski definition) is 2. The summed E-state index contributed by atoms with van der Waals surface area (Å²) < 4.78 is 0. The second kappa shape index (κ2) is 5.02. The second-order valence-corrected chi connectivity index (χ2v) is 5.91. The minimum atomic E-state index is -0.950. The van der Waals surface area contributed by atoms with Crippen molar-refractivity contribution in [2.24, 2.45) is 0 Å². The van der Waals surface area contributed by atoms with Crippen LogP contribution in [0.2, 0.25) is 5.02 Å². The van der Waals surface area contributed by atoms with Crippen LogP contribution in [0.1, 0.15) is 37.0 Å². The quantitative estimate of drug-likeness (QED) is 0.876. The second-order valence-electron chi connectivity index (χ2n) is 5.47. The first-order valence-corrected chi connectivity index (χ1v) is 6.70. The molecule has 0 saturated carbocycles. The summed E-state index contributed by atoms with van der Waals surface area (Å²) in [4.78, 5) is 14.1. The Morgan fingerprint density at radius 3 is 2.74 bits per heavy atom. The standard InChI is InChI=1S/C14H18ClNO3/c1-14(2,19)12-4-3-7-16(12)13(18)10-6-5-9(15)8-11(10)17/h5-6,8,12,17,19H,3-4,7H2,1-2H3. The lowest BCUT2D eigenvalue weighted by atomic mass is 9.96. The number of halogens is 1. The molecule has 1 aliphatic rings. The molecule has 1 aliphatic heterocycles. The molecule has 19 heavy (non-hydrogen) atoms. The van der Waals surface area contributed by atoms with E-state index >= 15 is 0 Å². The van der Waals surface area contributed by atoms with Crippen LogP contribution < -0.4 is 0 Å². The van der Waals surface area contributed by atoms with E-state index < -0.39 is 5.60 Å². The smallest absolute Gasteiger partial charge is 0.257 e. The van der Waals surface area contributed by atoms with Gasteiger partial charge in [0, 0.05) is 11.6 Å². The van der Waals surface area contributed by atoms with E-state index in [1.54, 1.807) is 24.8 Å². The Labute approximate surface area is 117 Å². The Morgan fingerprint density at radius 1 is 1.47 bits per heavy atom. The molecule has 104 valence electrons. The number of aromatic hydroxyl groups is 1. The molecule has 0 aromatic heterocycles. The van der Waals surface area contributed by atoms with Gasteiger partial charge in [-0.15, -0.1) is 0 Å². The normalized spacial score (nSPS) is 19.8. The van der Waals surface area contributed by atoms with Gasteiger partial charge in [-0.25, -0.2) is 0 Å². The van der Waals surface area contributed by atoms with Gasteiger partial charge in [-0.3, -0.25) is 4.79 Å². The van der Waals surface area contributed by atoms with Gasteiger partial charge in [0.25, 0.3) is 5.91 Å². The molecule has 2 N–H and O–H groups in total. The molecule has 1 saturated heterocycles. The highest BCUT2D eigenvalue weighted by atomic mass is 35.5. The number of carbonyl (C=O) groups excluding carboxylic acids is 1. The van der Waals surface area contributed by atoms with Gasteiger partial charge >= 0.3 is 0 Å². The maximum Gasteiger partial charge on any atom is 0.257 e. The molecular weight excluding hydrogens is 266 g/mol. The summed E-state index contributed by atoms with van der Waals surface area (Å²) in [6.07, 6.45) is 1.62. The van der Waals surface area contributed by atoms with Crippen LogP contribution in [0.4, 0.5) is 0 Å². The van der Waals surface area contributed by atoms with Crippen LogP contribution >= 0.6 is 11.6 Å². The zero-order chi connectivity index (χ0) is 14.2. The van der Waals surface area contributed by atoms with Gasteiger partial charge in [0.1, 0.15) is 5.75 Å². The predicted octanol–water partition coefficient (Wildman–Crippen LogP) is 2.42. The molecule has 1 aromatic rings. The van der Waals surface area contributed by atoms with Crippen molar-refractivity contribution in [2.75, 3.05) is 6.54 Å². The number of rotatable bonds is 2. The van der Waals surface area contributed by atoms with Crippen LogP contribution in [-0.2, 0) is 0 Å². The maximum absolute atomic E-state index is 12.4. The van der Waals surface area contributed by atoms with Crippen LogP contribution in [0, 0.1) is 0 Å². The van der Waals surface area contributed by atoms with E-state index in [1.165, 1.54) is 12.1 Å². The Balaban J connectivity index is 2.28. The number of phenolic OH excluding ortho intramolecular Hbond substituents is 1. The van der Waals surface area contributed by atoms with Crippen LogP contribution in [0.5, 0.6) is 5.75 Å². The third-order valence-electron chi connectivity index (χ3n) is 3.52. The molecule has 0 spiro atoms. The lowest BCUT2D eigenvalue weighted by molar-refractivity contribution is 0.000224. The number of nitrogens with zero attached hydrogens (tertiary/aromatic N) is 1. The average Bonchev–Trinajstić information content (AvgIpc) is 2.76. The number of likely N-dealkylation sites (tertiary alicyclic amines) is 1. The van der Waals surface area contributed by atoms with Gasteiger partial charge in [-0.2, -0.15) is 0 Å². The van der Waals surface area contributed by atoms with Crippen molar-refractivity contribution in [3.63, 3.8) is 0 Å². The van der Waals surface area contributed by atoms with Gasteiger partial charge in [0.05, 0.1) is 17.2 Å². The molecular formula is C14H18ClNO3. The minimum absolute atomic E-state index is 0.126. The number of hydrogen-bond acceptors (Lipinski definition) is 3. The fourth-order valence-corrected chi connectivity index (χ4v) is 2.75. The number of carbonyl (C=O) groups is 1. The Bertz CT molecular complexity index is 496. The van der Waals surface area contributed by atoms with Crippen molar-refractivity contribution in [3.05, 3.63) is 28.8 Å². The Morgan fingerprint density at radius 2 is 2.16 bits per heavy atom. The van der Waals surface area contributed by atoms with Gasteiger partial charge in [-0.1, -0.05) is 11.6 Å². The zero-order valence-corrected chi connectivity index (χ0v) is 11.8. The molecule has 5 heteroatoms. The summed E-state index contributed by atoms with van der Waals surface area (Å²) in [5, 5.41) is 20.3. The Kier molecular flexibility index (Phi) is 3.74. The van der Waals surface area contributed by atoms with E-state index in [1.807, 2.05) is 0 Å². The van der Waals surface area contributed by atoms with E-state index in [2.05, 4.69) is 0 Å². The topological polar surface area (TPSA) is 60.8 Å². The average molecular weight is 284 g/mol. The molecule has 0 bridgehead atoms. The lowest BCUT2D eigenvalue weighted by Crippen LogP contribution is -2.48. The zero-order valence-electron chi connectivity index (χ0n) is 11.1. The van der Waals surface area contributed by atoms with E-state index in [9.17, 15) is 15.0 Å². The number of benzene rings is 1. The maximum atomic E-state index is 12.4. The third-order valence-corrected chi connectivity index (χ3v) is 3.75. The minimum Gasteiger partial charge on any atom is -0.507 e. The van der Waals surface area contributed by atoms with Gasteiger partial charge in [-0.05, 0) is 44.9 Å². The van der Waals surface area contributed by atoms with E-state index in [4.69, 9.17) is 11.6 Å². The van der Waals surface area contributed by atoms with Crippen LogP contribution in [0.3, 0.4) is 0 Å². The largest absolute Gasteiger partial charge is 0.507 e. The molecule has 2 rings (SSSR count). The summed E-state index contributed by atoms with van der Waals surface area (Å²) in [6, 6.07) is 4.21. The highest BCUT2D eigenvalue weighted by molar-refractivity contribution is 6.30. The summed E-state index contributed by atoms with van der Waals surface area (Å²) in [6.45, 7) is 3.99. The van der Waals surface area contributed by atoms with Gasteiger partial charge < -0.3 is 15.1 Å². The first-order chi connectivity index (χ1) is 8.80. The molecule has 1 heterocycles. The molecule has 0 aliphatic carbocycles. The number of phenols is 1. The summed E-state index contributed by atoms with van der Waals surface area (Å²) in [5.41, 5.74) is -0.727. The number of aliphatic hydroxyl groups is 1. The molecule has 1 aromatic carbocycles. The van der Waals surface area contributed by atoms with Crippen LogP contribution in [0.15, 0.2) is 18.2 Å². The highest BCUT2D eigenvalue weighted by Gasteiger charge is 2.39. The fraction of sp³-hybridized carbons (Fsp3) is 0.500.